The van der Waals surface area contributed by atoms with Gasteiger partial charge in [0.2, 0.25) is 0 Å². The van der Waals surface area contributed by atoms with E-state index < -0.39 is 0 Å². The first kappa shape index (κ1) is 12.5. The van der Waals surface area contributed by atoms with Crippen LogP contribution in [0.15, 0.2) is 41.6 Å². The zero-order chi connectivity index (χ0) is 9.10. The predicted molar refractivity (Wildman–Crippen MR) is 62.2 cm³/mol. The van der Waals surface area contributed by atoms with Gasteiger partial charge in [-0.2, -0.15) is 0 Å². The molecule has 0 atom stereocenters. The Morgan fingerprint density at radius 1 is 1.21 bits per heavy atom. The predicted octanol–water partition coefficient (Wildman–Crippen LogP) is 1.64. The second-order valence-corrected chi connectivity index (χ2v) is 3.40. The zero-order valence-corrected chi connectivity index (χ0v) is 7.96. The van der Waals surface area contributed by atoms with Crippen LogP contribution in [0.5, 0.6) is 0 Å². The first-order valence-electron chi connectivity index (χ1n) is 4.11. The molecule has 4 heteroatoms. The van der Waals surface area contributed by atoms with Gasteiger partial charge in [-0.25, -0.2) is 4.98 Å². The Balaban J connectivity index is 0.000000980. The quantitative estimate of drug-likeness (QED) is 0.596. The van der Waals surface area contributed by atoms with E-state index in [0.717, 1.165) is 17.1 Å². The maximum atomic E-state index is 4.22. The van der Waals surface area contributed by atoms with E-state index in [0.29, 0.717) is 0 Å². The van der Waals surface area contributed by atoms with Crippen molar-refractivity contribution in [1.29, 1.82) is 0 Å². The molecule has 0 aliphatic carbocycles. The van der Waals surface area contributed by atoms with Gasteiger partial charge in [-0.1, -0.05) is 12.1 Å². The van der Waals surface area contributed by atoms with Gasteiger partial charge in [0, 0.05) is 23.7 Å². The van der Waals surface area contributed by atoms with Crippen molar-refractivity contribution in [3.8, 4) is 0 Å². The average molecular weight is 230 g/mol. The standard InChI is InChI=1S/C10H10N2S.K.H/c13-9-3-1-8(2-4-9)7-10-11-5-6-12-10;;/h1-6,13H,7H2,(H,11,12);;. The molecule has 0 saturated carbocycles. The number of benzene rings is 1. The summed E-state index contributed by atoms with van der Waals surface area (Å²) in [5.41, 5.74) is 1.24. The third kappa shape index (κ3) is 3.53. The third-order valence-electron chi connectivity index (χ3n) is 1.86. The van der Waals surface area contributed by atoms with Crippen molar-refractivity contribution in [2.75, 3.05) is 0 Å². The first-order chi connectivity index (χ1) is 6.34. The summed E-state index contributed by atoms with van der Waals surface area (Å²) in [6.45, 7) is 0. The fraction of sp³-hybridized carbons (Fsp3) is 0.100. The van der Waals surface area contributed by atoms with Gasteiger partial charge in [-0.15, -0.1) is 12.6 Å². The molecule has 2 nitrogen and oxygen atoms in total. The van der Waals surface area contributed by atoms with Crippen LogP contribution in [0.25, 0.3) is 0 Å². The summed E-state index contributed by atoms with van der Waals surface area (Å²) in [6, 6.07) is 8.10. The Bertz CT molecular complexity index is 370. The van der Waals surface area contributed by atoms with Crippen molar-refractivity contribution >= 4 is 64.0 Å². The summed E-state index contributed by atoms with van der Waals surface area (Å²) >= 11 is 4.22. The zero-order valence-electron chi connectivity index (χ0n) is 7.07. The van der Waals surface area contributed by atoms with E-state index in [1.165, 1.54) is 5.56 Å². The number of imidazole rings is 1. The van der Waals surface area contributed by atoms with Crippen LogP contribution >= 0.6 is 12.6 Å². The van der Waals surface area contributed by atoms with Gasteiger partial charge >= 0.3 is 51.4 Å². The Morgan fingerprint density at radius 2 is 1.93 bits per heavy atom. The van der Waals surface area contributed by atoms with E-state index in [4.69, 9.17) is 0 Å². The number of rotatable bonds is 2. The molecule has 0 radical (unpaired) electrons. The molecule has 0 unspecified atom stereocenters. The van der Waals surface area contributed by atoms with E-state index in [9.17, 15) is 0 Å². The normalized spacial score (nSPS) is 9.50. The third-order valence-corrected chi connectivity index (χ3v) is 2.16. The summed E-state index contributed by atoms with van der Waals surface area (Å²) in [5.74, 6) is 0.993. The van der Waals surface area contributed by atoms with Gasteiger partial charge in [0.25, 0.3) is 0 Å². The fourth-order valence-corrected chi connectivity index (χ4v) is 1.35. The molecule has 2 aromatic rings. The molecule has 0 aliphatic rings. The van der Waals surface area contributed by atoms with Crippen molar-refractivity contribution in [3.05, 3.63) is 48.0 Å². The number of H-pyrrole nitrogens is 1. The van der Waals surface area contributed by atoms with Crippen LogP contribution in [0, 0.1) is 0 Å². The van der Waals surface area contributed by atoms with E-state index in [1.54, 1.807) is 6.20 Å². The molecule has 14 heavy (non-hydrogen) atoms. The summed E-state index contributed by atoms with van der Waals surface area (Å²) in [7, 11) is 0. The van der Waals surface area contributed by atoms with Crippen molar-refractivity contribution in [1.82, 2.24) is 9.97 Å². The molecule has 0 aliphatic heterocycles. The molecule has 0 saturated heterocycles. The molecular formula is C10H11KN2S. The van der Waals surface area contributed by atoms with Crippen LogP contribution in [-0.4, -0.2) is 61.4 Å². The molecule has 1 aromatic carbocycles. The first-order valence-corrected chi connectivity index (χ1v) is 4.55. The fourth-order valence-electron chi connectivity index (χ4n) is 1.20. The van der Waals surface area contributed by atoms with E-state index in [-0.39, 0.29) is 51.4 Å². The minimum atomic E-state index is 0. The minimum absolute atomic E-state index is 0. The van der Waals surface area contributed by atoms with Crippen LogP contribution in [0.4, 0.5) is 0 Å². The molecule has 1 heterocycles. The van der Waals surface area contributed by atoms with Gasteiger partial charge in [0.15, 0.2) is 0 Å². The number of thiol groups is 1. The van der Waals surface area contributed by atoms with Gasteiger partial charge in [0.05, 0.1) is 0 Å². The number of aromatic amines is 1. The van der Waals surface area contributed by atoms with Gasteiger partial charge in [-0.05, 0) is 17.7 Å². The average Bonchev–Trinajstić information content (AvgIpc) is 2.62. The summed E-state index contributed by atoms with van der Waals surface area (Å²) in [4.78, 5) is 8.22. The van der Waals surface area contributed by atoms with Crippen molar-refractivity contribution in [2.24, 2.45) is 0 Å². The molecule has 2 rings (SSSR count). The van der Waals surface area contributed by atoms with Gasteiger partial charge in [-0.3, -0.25) is 0 Å². The number of aromatic nitrogens is 2. The maximum absolute atomic E-state index is 4.22. The summed E-state index contributed by atoms with van der Waals surface area (Å²) in [5, 5.41) is 0. The second kappa shape index (κ2) is 6.10. The Hall–Kier alpha value is 0.416. The van der Waals surface area contributed by atoms with Crippen LogP contribution in [0.3, 0.4) is 0 Å². The molecular weight excluding hydrogens is 219 g/mol. The number of nitrogens with zero attached hydrogens (tertiary/aromatic N) is 1. The van der Waals surface area contributed by atoms with Crippen molar-refractivity contribution < 1.29 is 0 Å². The van der Waals surface area contributed by atoms with Crippen LogP contribution < -0.4 is 0 Å². The second-order valence-electron chi connectivity index (χ2n) is 2.88. The van der Waals surface area contributed by atoms with E-state index in [1.807, 2.05) is 18.3 Å². The monoisotopic (exact) mass is 230 g/mol. The molecule has 0 fully saturated rings. The van der Waals surface area contributed by atoms with Crippen molar-refractivity contribution in [3.63, 3.8) is 0 Å². The van der Waals surface area contributed by atoms with Crippen molar-refractivity contribution in [2.45, 2.75) is 11.3 Å². The molecule has 1 aromatic heterocycles. The summed E-state index contributed by atoms with van der Waals surface area (Å²) in [6.07, 6.45) is 4.45. The molecule has 1 N–H and O–H groups in total. The van der Waals surface area contributed by atoms with Crippen LogP contribution in [0.2, 0.25) is 0 Å². The molecule has 68 valence electrons. The van der Waals surface area contributed by atoms with Crippen LogP contribution in [-0.2, 0) is 6.42 Å². The van der Waals surface area contributed by atoms with Crippen LogP contribution in [0.1, 0.15) is 11.4 Å². The summed E-state index contributed by atoms with van der Waals surface area (Å²) < 4.78 is 0. The van der Waals surface area contributed by atoms with Gasteiger partial charge < -0.3 is 4.98 Å². The number of hydrogen-bond acceptors (Lipinski definition) is 2. The number of hydrogen-bond donors (Lipinski definition) is 2. The molecule has 0 spiro atoms. The molecule has 0 amide bonds. The SMILES string of the molecule is Sc1ccc(Cc2ncc[nH]2)cc1.[KH]. The van der Waals surface area contributed by atoms with Gasteiger partial charge in [0.1, 0.15) is 5.82 Å². The number of nitrogens with one attached hydrogen (secondary N) is 1. The Labute approximate surface area is 131 Å². The molecule has 0 bridgehead atoms. The van der Waals surface area contributed by atoms with E-state index >= 15 is 0 Å². The topological polar surface area (TPSA) is 28.7 Å². The van der Waals surface area contributed by atoms with E-state index in [2.05, 4.69) is 34.7 Å². The Kier molecular flexibility index (Phi) is 5.44. The Morgan fingerprint density at radius 3 is 2.50 bits per heavy atom.